The van der Waals surface area contributed by atoms with Crippen molar-refractivity contribution in [3.63, 3.8) is 0 Å². The van der Waals surface area contributed by atoms with Crippen LogP contribution in [-0.2, 0) is 24.0 Å². The SMILES string of the molecule is O=C1C(c2ccc(OC(=O)c3ccc(N4C(=O)C=CC4=O)cc3)cc2)=C(c2ccccc2)C(c2ccccc2)=C1c1ccc(OC(=O)c2ccc(N3C(=O)C=CC3=O)cc2)cc1. The first-order valence-corrected chi connectivity index (χ1v) is 19.3. The number of carbonyl (C=O) groups is 7. The average molecular weight is 815 g/mol. The minimum Gasteiger partial charge on any atom is -0.423 e. The number of esters is 2. The van der Waals surface area contributed by atoms with Gasteiger partial charge in [-0.25, -0.2) is 19.4 Å². The molecule has 11 nitrogen and oxygen atoms in total. The summed E-state index contributed by atoms with van der Waals surface area (Å²) in [5.41, 5.74) is 6.13. The number of ketones is 1. The van der Waals surface area contributed by atoms with Gasteiger partial charge < -0.3 is 9.47 Å². The van der Waals surface area contributed by atoms with Crippen molar-refractivity contribution in [3.8, 4) is 11.5 Å². The lowest BCUT2D eigenvalue weighted by molar-refractivity contribution is -0.121. The smallest absolute Gasteiger partial charge is 0.343 e. The van der Waals surface area contributed by atoms with Gasteiger partial charge >= 0.3 is 11.9 Å². The molecule has 62 heavy (non-hydrogen) atoms. The third-order valence-corrected chi connectivity index (χ3v) is 10.4. The van der Waals surface area contributed by atoms with Gasteiger partial charge in [-0.2, -0.15) is 0 Å². The number of nitrogens with zero attached hydrogens (tertiary/aromatic N) is 2. The van der Waals surface area contributed by atoms with Gasteiger partial charge in [-0.3, -0.25) is 24.0 Å². The number of allylic oxidation sites excluding steroid dienone is 4. The Morgan fingerprint density at radius 2 is 0.645 bits per heavy atom. The molecule has 1 aliphatic carbocycles. The second-order valence-corrected chi connectivity index (χ2v) is 14.2. The number of hydrogen-bond acceptors (Lipinski definition) is 9. The molecule has 0 saturated heterocycles. The molecule has 298 valence electrons. The van der Waals surface area contributed by atoms with Gasteiger partial charge in [0, 0.05) is 46.6 Å². The van der Waals surface area contributed by atoms with Gasteiger partial charge in [0.2, 0.25) is 0 Å². The van der Waals surface area contributed by atoms with Gasteiger partial charge in [0.1, 0.15) is 11.5 Å². The Labute approximate surface area is 353 Å². The molecule has 2 heterocycles. The summed E-state index contributed by atoms with van der Waals surface area (Å²) in [7, 11) is 0. The first-order valence-electron chi connectivity index (χ1n) is 19.3. The molecule has 6 aromatic carbocycles. The highest BCUT2D eigenvalue weighted by atomic mass is 16.5. The third-order valence-electron chi connectivity index (χ3n) is 10.4. The lowest BCUT2D eigenvalue weighted by atomic mass is 9.89. The van der Waals surface area contributed by atoms with E-state index in [1.807, 2.05) is 60.7 Å². The van der Waals surface area contributed by atoms with Crippen LogP contribution in [-0.4, -0.2) is 41.4 Å². The maximum Gasteiger partial charge on any atom is 0.343 e. The Morgan fingerprint density at radius 1 is 0.339 bits per heavy atom. The van der Waals surface area contributed by atoms with E-state index in [0.29, 0.717) is 44.8 Å². The molecule has 0 radical (unpaired) electrons. The number of imide groups is 2. The van der Waals surface area contributed by atoms with E-state index in [2.05, 4.69) is 0 Å². The van der Waals surface area contributed by atoms with E-state index in [4.69, 9.17) is 9.47 Å². The Kier molecular flexibility index (Phi) is 10.0. The van der Waals surface area contributed by atoms with Crippen LogP contribution in [0.1, 0.15) is 43.0 Å². The summed E-state index contributed by atoms with van der Waals surface area (Å²) in [6, 6.07) is 44.3. The predicted octanol–water partition coefficient (Wildman–Crippen LogP) is 8.09. The van der Waals surface area contributed by atoms with Crippen LogP contribution in [0.2, 0.25) is 0 Å². The molecule has 2 aliphatic heterocycles. The highest BCUT2D eigenvalue weighted by Crippen LogP contribution is 2.50. The van der Waals surface area contributed by atoms with Gasteiger partial charge in [-0.15, -0.1) is 0 Å². The van der Waals surface area contributed by atoms with Gasteiger partial charge in [-0.1, -0.05) is 84.9 Å². The minimum absolute atomic E-state index is 0.203. The standard InChI is InChI=1S/C51H30N2O9/c54-41-27-28-42(55)52(41)37-19-11-35(12-20-37)50(59)61-39-23-15-33(16-24-39)47-45(31-7-3-1-4-8-31)46(32-9-5-2-6-10-32)48(49(47)58)34-17-25-40(26-18-34)62-51(60)36-13-21-38(22-14-36)53-43(56)29-30-44(53)57/h1-30H. The molecular formula is C51H30N2O9. The number of ether oxygens (including phenoxy) is 2. The monoisotopic (exact) mass is 814 g/mol. The van der Waals surface area contributed by atoms with Crippen molar-refractivity contribution in [2.45, 2.75) is 0 Å². The van der Waals surface area contributed by atoms with E-state index in [1.54, 1.807) is 48.5 Å². The lowest BCUT2D eigenvalue weighted by Gasteiger charge is -2.14. The lowest BCUT2D eigenvalue weighted by Crippen LogP contribution is -2.29. The number of carbonyl (C=O) groups excluding carboxylic acids is 7. The van der Waals surface area contributed by atoms with E-state index in [0.717, 1.165) is 20.9 Å². The second kappa shape index (κ2) is 16.1. The largest absolute Gasteiger partial charge is 0.423 e. The quantitative estimate of drug-likeness (QED) is 0.0762. The molecule has 3 aliphatic rings. The van der Waals surface area contributed by atoms with Crippen LogP contribution >= 0.6 is 0 Å². The van der Waals surface area contributed by atoms with Crippen molar-refractivity contribution < 1.29 is 43.0 Å². The summed E-state index contributed by atoms with van der Waals surface area (Å²) in [5, 5.41) is 0. The fraction of sp³-hybridized carbons (Fsp3) is 0. The summed E-state index contributed by atoms with van der Waals surface area (Å²) in [5.74, 6) is -2.97. The van der Waals surface area contributed by atoms with Crippen LogP contribution < -0.4 is 19.3 Å². The maximum absolute atomic E-state index is 14.9. The van der Waals surface area contributed by atoms with Crippen molar-refractivity contribution in [3.05, 3.63) is 215 Å². The van der Waals surface area contributed by atoms with Crippen LogP contribution in [0.25, 0.3) is 22.3 Å². The highest BCUT2D eigenvalue weighted by molar-refractivity contribution is 6.59. The molecule has 0 saturated carbocycles. The average Bonchev–Trinajstić information content (AvgIpc) is 3.94. The molecule has 0 N–H and O–H groups in total. The summed E-state index contributed by atoms with van der Waals surface area (Å²) >= 11 is 0. The molecule has 4 amide bonds. The van der Waals surface area contributed by atoms with Gasteiger partial charge in [-0.05, 0) is 95.1 Å². The zero-order valence-corrected chi connectivity index (χ0v) is 32.4. The second-order valence-electron chi connectivity index (χ2n) is 14.2. The first kappa shape index (κ1) is 38.7. The Bertz CT molecular complexity index is 2740. The van der Waals surface area contributed by atoms with Crippen molar-refractivity contribution in [1.29, 1.82) is 0 Å². The minimum atomic E-state index is -0.657. The number of hydrogen-bond donors (Lipinski definition) is 0. The van der Waals surface area contributed by atoms with Crippen LogP contribution in [0.3, 0.4) is 0 Å². The fourth-order valence-electron chi connectivity index (χ4n) is 7.45. The third kappa shape index (κ3) is 7.26. The Hall–Kier alpha value is -8.83. The number of amides is 4. The summed E-state index contributed by atoms with van der Waals surface area (Å²) < 4.78 is 11.3. The summed E-state index contributed by atoms with van der Waals surface area (Å²) in [6.07, 6.45) is 4.72. The number of Topliss-reactive ketones (excluding diaryl/α,β-unsaturated/α-hetero) is 1. The molecule has 11 heteroatoms. The molecule has 0 bridgehead atoms. The number of anilines is 2. The van der Waals surface area contributed by atoms with Gasteiger partial charge in [0.15, 0.2) is 5.78 Å². The topological polar surface area (TPSA) is 144 Å². The van der Waals surface area contributed by atoms with Crippen LogP contribution in [0.15, 0.2) is 182 Å². The summed E-state index contributed by atoms with van der Waals surface area (Å²) in [6.45, 7) is 0. The van der Waals surface area contributed by atoms with Crippen molar-refractivity contribution in [2.75, 3.05) is 9.80 Å². The zero-order valence-electron chi connectivity index (χ0n) is 32.4. The maximum atomic E-state index is 14.9. The van der Waals surface area contributed by atoms with E-state index in [-0.39, 0.29) is 28.4 Å². The highest BCUT2D eigenvalue weighted by Gasteiger charge is 2.36. The van der Waals surface area contributed by atoms with Crippen LogP contribution in [0.4, 0.5) is 11.4 Å². The first-order chi connectivity index (χ1) is 30.1. The van der Waals surface area contributed by atoms with Crippen LogP contribution in [0, 0.1) is 0 Å². The zero-order chi connectivity index (χ0) is 42.9. The van der Waals surface area contributed by atoms with E-state index in [9.17, 15) is 33.6 Å². The number of benzene rings is 6. The van der Waals surface area contributed by atoms with Gasteiger partial charge in [0.25, 0.3) is 23.6 Å². The molecule has 9 rings (SSSR count). The molecule has 6 aromatic rings. The van der Waals surface area contributed by atoms with E-state index < -0.39 is 35.6 Å². The predicted molar refractivity (Wildman–Crippen MR) is 230 cm³/mol. The fourth-order valence-corrected chi connectivity index (χ4v) is 7.45. The molecule has 0 fully saturated rings. The Morgan fingerprint density at radius 3 is 0.968 bits per heavy atom. The van der Waals surface area contributed by atoms with E-state index >= 15 is 0 Å². The van der Waals surface area contributed by atoms with Crippen molar-refractivity contribution in [1.82, 2.24) is 0 Å². The molecule has 0 unspecified atom stereocenters. The van der Waals surface area contributed by atoms with Gasteiger partial charge in [0.05, 0.1) is 22.5 Å². The molecular weight excluding hydrogens is 785 g/mol. The van der Waals surface area contributed by atoms with E-state index in [1.165, 1.54) is 72.8 Å². The van der Waals surface area contributed by atoms with Crippen molar-refractivity contribution >= 4 is 75.0 Å². The normalized spacial score (nSPS) is 14.7. The molecule has 0 spiro atoms. The molecule has 0 aromatic heterocycles. The summed E-state index contributed by atoms with van der Waals surface area (Å²) in [4.78, 5) is 91.5. The molecule has 0 atom stereocenters. The number of rotatable bonds is 10. The van der Waals surface area contributed by atoms with Crippen molar-refractivity contribution in [2.24, 2.45) is 0 Å². The Balaban J connectivity index is 0.991. The van der Waals surface area contributed by atoms with Crippen LogP contribution in [0.5, 0.6) is 11.5 Å².